The molecule has 0 saturated carbocycles. The Bertz CT molecular complexity index is 1010. The fourth-order valence-corrected chi connectivity index (χ4v) is 2.49. The Kier molecular flexibility index (Phi) is 4.43. The summed E-state index contributed by atoms with van der Waals surface area (Å²) in [6, 6.07) is 5.51. The molecule has 6 heteroatoms. The van der Waals surface area contributed by atoms with E-state index in [2.05, 4.69) is 16.9 Å². The molecule has 126 valence electrons. The molecule has 0 spiro atoms. The van der Waals surface area contributed by atoms with Crippen molar-refractivity contribution in [3.63, 3.8) is 0 Å². The van der Waals surface area contributed by atoms with E-state index in [1.54, 1.807) is 24.4 Å². The Balaban J connectivity index is 1.98. The van der Waals surface area contributed by atoms with Crippen molar-refractivity contribution >= 4 is 34.8 Å². The number of pyridine rings is 1. The summed E-state index contributed by atoms with van der Waals surface area (Å²) in [7, 11) is 1.85. The van der Waals surface area contributed by atoms with E-state index in [1.165, 1.54) is 12.1 Å². The van der Waals surface area contributed by atoms with Gasteiger partial charge in [-0.3, -0.25) is 4.79 Å². The van der Waals surface area contributed by atoms with E-state index in [1.807, 2.05) is 17.8 Å². The van der Waals surface area contributed by atoms with Gasteiger partial charge in [0.05, 0.1) is 11.9 Å². The van der Waals surface area contributed by atoms with Crippen molar-refractivity contribution in [1.82, 2.24) is 9.55 Å². The molecule has 3 rings (SSSR count). The number of aromatic nitrogens is 2. The minimum Gasteiger partial charge on any atom is -0.335 e. The number of nitrogens with zero attached hydrogens (tertiary/aromatic N) is 2. The molecule has 2 heterocycles. The summed E-state index contributed by atoms with van der Waals surface area (Å²) in [5.41, 5.74) is 2.66. The first-order chi connectivity index (χ1) is 12.0. The third-order valence-corrected chi connectivity index (χ3v) is 3.70. The number of fused-ring (bicyclic) bond motifs is 1. The highest BCUT2D eigenvalue weighted by atomic mass is 19.2. The molecular weight excluding hydrogens is 324 g/mol. The maximum Gasteiger partial charge on any atom is 0.247 e. The van der Waals surface area contributed by atoms with Gasteiger partial charge in [0.1, 0.15) is 5.65 Å². The highest BCUT2D eigenvalue weighted by molar-refractivity contribution is 6.00. The Labute approximate surface area is 143 Å². The van der Waals surface area contributed by atoms with Gasteiger partial charge in [0.2, 0.25) is 5.91 Å². The second-order valence-corrected chi connectivity index (χ2v) is 5.49. The summed E-state index contributed by atoms with van der Waals surface area (Å²) in [6.07, 6.45) is 8.08. The van der Waals surface area contributed by atoms with Crippen LogP contribution in [0.1, 0.15) is 11.1 Å². The number of amides is 1. The topological polar surface area (TPSA) is 46.9 Å². The quantitative estimate of drug-likeness (QED) is 0.726. The van der Waals surface area contributed by atoms with Crippen LogP contribution in [0.2, 0.25) is 0 Å². The summed E-state index contributed by atoms with van der Waals surface area (Å²) >= 11 is 0. The number of nitrogens with one attached hydrogen (secondary N) is 1. The van der Waals surface area contributed by atoms with Crippen LogP contribution in [0.25, 0.3) is 23.2 Å². The van der Waals surface area contributed by atoms with E-state index in [0.717, 1.165) is 28.7 Å². The van der Waals surface area contributed by atoms with Crippen LogP contribution in [-0.2, 0) is 11.8 Å². The number of anilines is 1. The van der Waals surface area contributed by atoms with Crippen LogP contribution >= 0.6 is 0 Å². The molecular formula is C19H15F2N3O. The van der Waals surface area contributed by atoms with Gasteiger partial charge in [0.15, 0.2) is 11.6 Å². The largest absolute Gasteiger partial charge is 0.335 e. The van der Waals surface area contributed by atoms with Crippen LogP contribution in [0.15, 0.2) is 49.3 Å². The zero-order chi connectivity index (χ0) is 18.0. The van der Waals surface area contributed by atoms with Crippen molar-refractivity contribution in [2.75, 3.05) is 5.32 Å². The summed E-state index contributed by atoms with van der Waals surface area (Å²) in [4.78, 5) is 15.8. The van der Waals surface area contributed by atoms with Gasteiger partial charge in [-0.2, -0.15) is 0 Å². The molecule has 0 atom stereocenters. The van der Waals surface area contributed by atoms with Gasteiger partial charge in [-0.05, 0) is 29.8 Å². The van der Waals surface area contributed by atoms with Gasteiger partial charge >= 0.3 is 0 Å². The van der Waals surface area contributed by atoms with Gasteiger partial charge in [-0.15, -0.1) is 0 Å². The molecule has 1 aromatic carbocycles. The molecule has 1 N–H and O–H groups in total. The Hall–Kier alpha value is -3.28. The number of hydrogen-bond donors (Lipinski definition) is 1. The summed E-state index contributed by atoms with van der Waals surface area (Å²) in [6.45, 7) is 3.41. The highest BCUT2D eigenvalue weighted by Crippen LogP contribution is 2.24. The predicted octanol–water partition coefficient (Wildman–Crippen LogP) is 4.15. The van der Waals surface area contributed by atoms with Gasteiger partial charge in [0.25, 0.3) is 0 Å². The van der Waals surface area contributed by atoms with E-state index in [-0.39, 0.29) is 5.91 Å². The first-order valence-corrected chi connectivity index (χ1v) is 7.49. The molecule has 3 aromatic rings. The van der Waals surface area contributed by atoms with Crippen LogP contribution in [0, 0.1) is 11.6 Å². The Morgan fingerprint density at radius 3 is 2.76 bits per heavy atom. The van der Waals surface area contributed by atoms with E-state index in [4.69, 9.17) is 0 Å². The fraction of sp³-hybridized carbons (Fsp3) is 0.0526. The van der Waals surface area contributed by atoms with Crippen molar-refractivity contribution in [3.05, 3.63) is 72.1 Å². The summed E-state index contributed by atoms with van der Waals surface area (Å²) < 4.78 is 28.1. The smallest absolute Gasteiger partial charge is 0.247 e. The maximum atomic E-state index is 13.3. The van der Waals surface area contributed by atoms with Crippen molar-refractivity contribution in [1.29, 1.82) is 0 Å². The Morgan fingerprint density at radius 2 is 2.04 bits per heavy atom. The molecule has 25 heavy (non-hydrogen) atoms. The molecule has 0 aliphatic rings. The fourth-order valence-electron chi connectivity index (χ4n) is 2.49. The number of benzene rings is 1. The molecule has 0 radical (unpaired) electrons. The molecule has 0 fully saturated rings. The second-order valence-electron chi connectivity index (χ2n) is 5.49. The number of carbonyl (C=O) groups excluding carboxylic acids is 1. The third kappa shape index (κ3) is 3.47. The first kappa shape index (κ1) is 16.6. The van der Waals surface area contributed by atoms with E-state index >= 15 is 0 Å². The molecule has 0 unspecified atom stereocenters. The van der Waals surface area contributed by atoms with Gasteiger partial charge in [-0.1, -0.05) is 24.8 Å². The average Bonchev–Trinajstić information content (AvgIpc) is 2.91. The molecule has 4 nitrogen and oxygen atoms in total. The normalized spacial score (nSPS) is 11.2. The molecule has 0 aliphatic heterocycles. The van der Waals surface area contributed by atoms with Crippen LogP contribution in [0.4, 0.5) is 14.5 Å². The lowest BCUT2D eigenvalue weighted by Crippen LogP contribution is -2.07. The van der Waals surface area contributed by atoms with Crippen LogP contribution in [-0.4, -0.2) is 15.5 Å². The van der Waals surface area contributed by atoms with Gasteiger partial charge in [0, 0.05) is 24.2 Å². The lowest BCUT2D eigenvalue weighted by molar-refractivity contribution is -0.111. The molecule has 0 aliphatic carbocycles. The summed E-state index contributed by atoms with van der Waals surface area (Å²) in [5, 5.41) is 3.49. The minimum atomic E-state index is -0.892. The monoisotopic (exact) mass is 339 g/mol. The minimum absolute atomic E-state index is 0.323. The van der Waals surface area contributed by atoms with Crippen molar-refractivity contribution in [2.45, 2.75) is 0 Å². The number of rotatable bonds is 4. The third-order valence-electron chi connectivity index (χ3n) is 3.70. The van der Waals surface area contributed by atoms with E-state index < -0.39 is 11.6 Å². The van der Waals surface area contributed by atoms with Crippen LogP contribution in [0.3, 0.4) is 0 Å². The molecule has 0 bridgehead atoms. The molecule has 2 aromatic heterocycles. The SMILES string of the molecule is C=CC(=O)Nc1cnc2c(c1)c(/C=C/c1ccc(F)c(F)c1)cn2C. The number of halogens is 2. The average molecular weight is 339 g/mol. The van der Waals surface area contributed by atoms with Crippen molar-refractivity contribution in [2.24, 2.45) is 7.05 Å². The number of carbonyl (C=O) groups is 1. The van der Waals surface area contributed by atoms with E-state index in [9.17, 15) is 13.6 Å². The van der Waals surface area contributed by atoms with Crippen molar-refractivity contribution < 1.29 is 13.6 Å². The zero-order valence-electron chi connectivity index (χ0n) is 13.5. The van der Waals surface area contributed by atoms with Crippen molar-refractivity contribution in [3.8, 4) is 0 Å². The lowest BCUT2D eigenvalue weighted by atomic mass is 10.1. The number of aryl methyl sites for hydroxylation is 1. The van der Waals surface area contributed by atoms with E-state index in [0.29, 0.717) is 11.3 Å². The maximum absolute atomic E-state index is 13.3. The standard InChI is InChI=1S/C19H15F2N3O/c1-3-18(25)23-14-9-15-13(11-24(2)19(15)22-10-14)6-4-12-5-7-16(20)17(21)8-12/h3-11H,1H2,2H3,(H,23,25)/b6-4+. The molecule has 1 amide bonds. The highest BCUT2D eigenvalue weighted by Gasteiger charge is 2.08. The van der Waals surface area contributed by atoms with Gasteiger partial charge in [-0.25, -0.2) is 13.8 Å². The lowest BCUT2D eigenvalue weighted by Gasteiger charge is -2.02. The van der Waals surface area contributed by atoms with Crippen LogP contribution in [0.5, 0.6) is 0 Å². The van der Waals surface area contributed by atoms with Gasteiger partial charge < -0.3 is 9.88 Å². The second kappa shape index (κ2) is 6.68. The first-order valence-electron chi connectivity index (χ1n) is 7.49. The predicted molar refractivity (Wildman–Crippen MR) is 94.8 cm³/mol. The summed E-state index contributed by atoms with van der Waals surface area (Å²) in [5.74, 6) is -2.10. The molecule has 0 saturated heterocycles. The van der Waals surface area contributed by atoms with Crippen LogP contribution < -0.4 is 5.32 Å². The zero-order valence-corrected chi connectivity index (χ0v) is 13.5. The number of hydrogen-bond acceptors (Lipinski definition) is 2. The Morgan fingerprint density at radius 1 is 1.24 bits per heavy atom.